The average Bonchev–Trinajstić information content (AvgIpc) is 2.80. The molecule has 0 N–H and O–H groups in total. The van der Waals surface area contributed by atoms with Crippen LogP contribution in [-0.2, 0) is 19.5 Å². The zero-order chi connectivity index (χ0) is 20.3. The normalized spacial score (nSPS) is 13.8. The van der Waals surface area contributed by atoms with Crippen molar-refractivity contribution in [2.24, 2.45) is 0 Å². The van der Waals surface area contributed by atoms with Gasteiger partial charge in [-0.05, 0) is 35.9 Å². The number of halogens is 1. The fourth-order valence-corrected chi connectivity index (χ4v) is 3.84. The van der Waals surface area contributed by atoms with Crippen LogP contribution in [0.1, 0.15) is 16.8 Å². The highest BCUT2D eigenvalue weighted by molar-refractivity contribution is 6.30. The molecule has 1 aliphatic heterocycles. The summed E-state index contributed by atoms with van der Waals surface area (Å²) >= 11 is 5.97. The Morgan fingerprint density at radius 2 is 1.80 bits per heavy atom. The second-order valence-corrected chi connectivity index (χ2v) is 7.86. The minimum Gasteiger partial charge on any atom is -0.294 e. The summed E-state index contributed by atoms with van der Waals surface area (Å²) in [5.41, 5.74) is 6.50. The van der Waals surface area contributed by atoms with E-state index in [0.29, 0.717) is 0 Å². The Kier molecular flexibility index (Phi) is 5.22. The van der Waals surface area contributed by atoms with Gasteiger partial charge in [0.2, 0.25) is 0 Å². The molecule has 0 aliphatic carbocycles. The maximum absolute atomic E-state index is 5.97. The van der Waals surface area contributed by atoms with Crippen molar-refractivity contribution < 1.29 is 0 Å². The lowest BCUT2D eigenvalue weighted by atomic mass is 10.1. The first-order valence-corrected chi connectivity index (χ1v) is 10.3. The molecule has 0 atom stereocenters. The molecular formula is C24H20ClN5. The van der Waals surface area contributed by atoms with E-state index in [2.05, 4.69) is 32.0 Å². The lowest BCUT2D eigenvalue weighted by Gasteiger charge is -2.28. The smallest absolute Gasteiger partial charge is 0.160 e. The molecule has 5 rings (SSSR count). The third-order valence-corrected chi connectivity index (χ3v) is 5.56. The van der Waals surface area contributed by atoms with Crippen molar-refractivity contribution in [2.75, 3.05) is 6.54 Å². The van der Waals surface area contributed by atoms with Crippen molar-refractivity contribution in [3.8, 4) is 22.6 Å². The van der Waals surface area contributed by atoms with Crippen LogP contribution in [0.5, 0.6) is 0 Å². The van der Waals surface area contributed by atoms with E-state index < -0.39 is 0 Å². The van der Waals surface area contributed by atoms with Gasteiger partial charge in [-0.1, -0.05) is 29.8 Å². The van der Waals surface area contributed by atoms with Crippen LogP contribution in [0.4, 0.5) is 0 Å². The lowest BCUT2D eigenvalue weighted by Crippen LogP contribution is -2.31. The first-order chi connectivity index (χ1) is 14.7. The molecule has 0 saturated carbocycles. The zero-order valence-corrected chi connectivity index (χ0v) is 17.1. The summed E-state index contributed by atoms with van der Waals surface area (Å²) in [4.78, 5) is 20.5. The summed E-state index contributed by atoms with van der Waals surface area (Å²) in [5, 5.41) is 0.734. The van der Waals surface area contributed by atoms with Crippen molar-refractivity contribution in [2.45, 2.75) is 19.5 Å². The van der Waals surface area contributed by atoms with Crippen LogP contribution < -0.4 is 0 Å². The largest absolute Gasteiger partial charge is 0.294 e. The minimum absolute atomic E-state index is 0.734. The molecule has 30 heavy (non-hydrogen) atoms. The van der Waals surface area contributed by atoms with Crippen molar-refractivity contribution in [1.82, 2.24) is 24.8 Å². The maximum atomic E-state index is 5.97. The first-order valence-electron chi connectivity index (χ1n) is 9.93. The van der Waals surface area contributed by atoms with Gasteiger partial charge >= 0.3 is 0 Å². The van der Waals surface area contributed by atoms with Crippen LogP contribution in [-0.4, -0.2) is 31.4 Å². The summed E-state index contributed by atoms with van der Waals surface area (Å²) in [6.07, 6.45) is 8.40. The Morgan fingerprint density at radius 3 is 2.57 bits per heavy atom. The van der Waals surface area contributed by atoms with Crippen LogP contribution in [0.25, 0.3) is 22.6 Å². The Hall–Kier alpha value is -3.15. The van der Waals surface area contributed by atoms with Crippen LogP contribution in [0, 0.1) is 0 Å². The maximum Gasteiger partial charge on any atom is 0.160 e. The van der Waals surface area contributed by atoms with Gasteiger partial charge < -0.3 is 0 Å². The fraction of sp³-hybridized carbons (Fsp3) is 0.167. The predicted octanol–water partition coefficient (Wildman–Crippen LogP) is 4.81. The number of aromatic nitrogens is 4. The van der Waals surface area contributed by atoms with Crippen LogP contribution >= 0.6 is 11.6 Å². The predicted molar refractivity (Wildman–Crippen MR) is 118 cm³/mol. The van der Waals surface area contributed by atoms with Gasteiger partial charge in [-0.3, -0.25) is 14.9 Å². The number of hydrogen-bond acceptors (Lipinski definition) is 5. The first kappa shape index (κ1) is 18.9. The Bertz CT molecular complexity index is 1140. The average molecular weight is 414 g/mol. The molecular weight excluding hydrogens is 394 g/mol. The van der Waals surface area contributed by atoms with Crippen molar-refractivity contribution >= 4 is 11.6 Å². The fourth-order valence-electron chi connectivity index (χ4n) is 3.71. The topological polar surface area (TPSA) is 54.8 Å². The van der Waals surface area contributed by atoms with E-state index in [9.17, 15) is 0 Å². The van der Waals surface area contributed by atoms with Gasteiger partial charge in [0.25, 0.3) is 0 Å². The van der Waals surface area contributed by atoms with Crippen LogP contribution in [0.3, 0.4) is 0 Å². The molecule has 5 nitrogen and oxygen atoms in total. The summed E-state index contributed by atoms with van der Waals surface area (Å²) in [5.74, 6) is 0.747. The number of rotatable bonds is 4. The van der Waals surface area contributed by atoms with Crippen LogP contribution in [0.2, 0.25) is 5.02 Å². The summed E-state index contributed by atoms with van der Waals surface area (Å²) in [6, 6.07) is 15.9. The summed E-state index contributed by atoms with van der Waals surface area (Å²) < 4.78 is 0. The van der Waals surface area contributed by atoms with E-state index in [1.807, 2.05) is 48.8 Å². The molecule has 0 amide bonds. The van der Waals surface area contributed by atoms with Gasteiger partial charge in [-0.25, -0.2) is 9.97 Å². The monoisotopic (exact) mass is 413 g/mol. The molecule has 1 aliphatic rings. The highest BCUT2D eigenvalue weighted by Crippen LogP contribution is 2.23. The Labute approximate surface area is 180 Å². The SMILES string of the molecule is Clc1ccc(-c2ccc(CN3CCc4nc(-c5cccnc5)ncc4C3)cn2)cc1. The number of nitrogens with zero attached hydrogens (tertiary/aromatic N) is 5. The number of benzene rings is 1. The molecule has 4 heterocycles. The van der Waals surface area contributed by atoms with Gasteiger partial charge in [-0.2, -0.15) is 0 Å². The highest BCUT2D eigenvalue weighted by atomic mass is 35.5. The van der Waals surface area contributed by atoms with Crippen molar-refractivity contribution in [3.05, 3.63) is 95.2 Å². The van der Waals surface area contributed by atoms with Gasteiger partial charge in [-0.15, -0.1) is 0 Å². The molecule has 6 heteroatoms. The van der Waals surface area contributed by atoms with E-state index in [1.165, 1.54) is 11.1 Å². The molecule has 148 valence electrons. The number of pyridine rings is 2. The third-order valence-electron chi connectivity index (χ3n) is 5.30. The van der Waals surface area contributed by atoms with Gasteiger partial charge in [0.1, 0.15) is 0 Å². The molecule has 0 radical (unpaired) electrons. The Balaban J connectivity index is 1.27. The second kappa shape index (κ2) is 8.30. The molecule has 0 bridgehead atoms. The van der Waals surface area contributed by atoms with Crippen LogP contribution in [0.15, 0.2) is 73.3 Å². The number of fused-ring (bicyclic) bond motifs is 1. The van der Waals surface area contributed by atoms with E-state index in [1.54, 1.807) is 12.4 Å². The van der Waals surface area contributed by atoms with E-state index in [4.69, 9.17) is 16.6 Å². The quantitative estimate of drug-likeness (QED) is 0.480. The Morgan fingerprint density at radius 1 is 0.900 bits per heavy atom. The number of hydrogen-bond donors (Lipinski definition) is 0. The minimum atomic E-state index is 0.734. The van der Waals surface area contributed by atoms with Crippen molar-refractivity contribution in [1.29, 1.82) is 0 Å². The summed E-state index contributed by atoms with van der Waals surface area (Å²) in [6.45, 7) is 2.68. The lowest BCUT2D eigenvalue weighted by molar-refractivity contribution is 0.242. The molecule has 3 aromatic heterocycles. The molecule has 0 unspecified atom stereocenters. The molecule has 0 spiro atoms. The molecule has 1 aromatic carbocycles. The second-order valence-electron chi connectivity index (χ2n) is 7.43. The van der Waals surface area contributed by atoms with Gasteiger partial charge in [0, 0.05) is 72.6 Å². The van der Waals surface area contributed by atoms with E-state index >= 15 is 0 Å². The van der Waals surface area contributed by atoms with Gasteiger partial charge in [0.05, 0.1) is 11.4 Å². The highest BCUT2D eigenvalue weighted by Gasteiger charge is 2.19. The summed E-state index contributed by atoms with van der Waals surface area (Å²) in [7, 11) is 0. The third kappa shape index (κ3) is 4.08. The molecule has 0 saturated heterocycles. The molecule has 4 aromatic rings. The van der Waals surface area contributed by atoms with E-state index in [0.717, 1.165) is 59.4 Å². The van der Waals surface area contributed by atoms with Crippen molar-refractivity contribution in [3.63, 3.8) is 0 Å². The van der Waals surface area contributed by atoms with E-state index in [-0.39, 0.29) is 0 Å². The zero-order valence-electron chi connectivity index (χ0n) is 16.4. The standard InChI is InChI=1S/C24H20ClN5/c25-21-6-4-18(5-7-21)22-8-3-17(12-27-22)15-30-11-9-23-20(16-30)14-28-24(29-23)19-2-1-10-26-13-19/h1-8,10,12-14H,9,11,15-16H2. The molecule has 0 fully saturated rings. The van der Waals surface area contributed by atoms with Gasteiger partial charge in [0.15, 0.2) is 5.82 Å².